The van der Waals surface area contributed by atoms with E-state index in [1.165, 1.54) is 12.1 Å². The van der Waals surface area contributed by atoms with E-state index in [9.17, 15) is 4.39 Å². The molecule has 0 atom stereocenters. The molecule has 0 spiro atoms. The number of ether oxygens (including phenoxy) is 1. The lowest BCUT2D eigenvalue weighted by Crippen LogP contribution is -2.04. The Morgan fingerprint density at radius 1 is 1.21 bits per heavy atom. The van der Waals surface area contributed by atoms with Crippen LogP contribution < -0.4 is 10.5 Å². The lowest BCUT2D eigenvalue weighted by molar-refractivity contribution is 0.300. The summed E-state index contributed by atoms with van der Waals surface area (Å²) in [5.74, 6) is 0.537. The van der Waals surface area contributed by atoms with Gasteiger partial charge in [0.1, 0.15) is 18.2 Å². The van der Waals surface area contributed by atoms with Gasteiger partial charge in [-0.3, -0.25) is 0 Å². The third-order valence-corrected chi connectivity index (χ3v) is 3.64. The Balaban J connectivity index is 2.19. The van der Waals surface area contributed by atoms with Crippen molar-refractivity contribution < 1.29 is 9.13 Å². The van der Waals surface area contributed by atoms with E-state index >= 15 is 0 Å². The molecule has 0 bridgehead atoms. The molecule has 0 aliphatic heterocycles. The maximum absolute atomic E-state index is 13.0. The van der Waals surface area contributed by atoms with Crippen molar-refractivity contribution in [1.29, 1.82) is 0 Å². The van der Waals surface area contributed by atoms with Crippen LogP contribution in [0.25, 0.3) is 0 Å². The van der Waals surface area contributed by atoms with Crippen molar-refractivity contribution in [1.82, 2.24) is 0 Å². The molecule has 0 saturated heterocycles. The first kappa shape index (κ1) is 14.0. The van der Waals surface area contributed by atoms with E-state index in [1.54, 1.807) is 6.07 Å². The van der Waals surface area contributed by atoms with Crippen molar-refractivity contribution in [2.75, 3.05) is 0 Å². The predicted octanol–water partition coefficient (Wildman–Crippen LogP) is 3.93. The highest BCUT2D eigenvalue weighted by Crippen LogP contribution is 2.26. The Morgan fingerprint density at radius 3 is 2.68 bits per heavy atom. The number of hydrogen-bond donors (Lipinski definition) is 1. The summed E-state index contributed by atoms with van der Waals surface area (Å²) >= 11 is 3.33. The molecule has 0 saturated carbocycles. The fourth-order valence-corrected chi connectivity index (χ4v) is 2.33. The zero-order chi connectivity index (χ0) is 13.8. The van der Waals surface area contributed by atoms with Crippen LogP contribution in [0.15, 0.2) is 40.9 Å². The van der Waals surface area contributed by atoms with Gasteiger partial charge in [0.25, 0.3) is 0 Å². The van der Waals surface area contributed by atoms with Gasteiger partial charge >= 0.3 is 0 Å². The lowest BCUT2D eigenvalue weighted by atomic mass is 10.1. The number of rotatable bonds is 4. The molecule has 2 aromatic carbocycles. The minimum absolute atomic E-state index is 0.269. The van der Waals surface area contributed by atoms with Gasteiger partial charge in [-0.25, -0.2) is 4.39 Å². The van der Waals surface area contributed by atoms with E-state index in [1.807, 2.05) is 25.1 Å². The molecule has 0 heterocycles. The van der Waals surface area contributed by atoms with Crippen molar-refractivity contribution in [2.45, 2.75) is 20.1 Å². The summed E-state index contributed by atoms with van der Waals surface area (Å²) in [5.41, 5.74) is 8.61. The SMILES string of the molecule is Cc1cccc(CN)c1OCc1ccc(F)cc1Br. The monoisotopic (exact) mass is 323 g/mol. The first-order valence-electron chi connectivity index (χ1n) is 5.97. The Bertz CT molecular complexity index is 586. The average Bonchev–Trinajstić information content (AvgIpc) is 2.39. The average molecular weight is 324 g/mol. The highest BCUT2D eigenvalue weighted by Gasteiger charge is 2.08. The van der Waals surface area contributed by atoms with Gasteiger partial charge in [0, 0.05) is 22.1 Å². The number of para-hydroxylation sites is 1. The second kappa shape index (κ2) is 6.17. The molecular weight excluding hydrogens is 309 g/mol. The smallest absolute Gasteiger partial charge is 0.127 e. The summed E-state index contributed by atoms with van der Waals surface area (Å²) in [6, 6.07) is 10.4. The maximum atomic E-state index is 13.0. The Hall–Kier alpha value is -1.39. The maximum Gasteiger partial charge on any atom is 0.127 e. The first-order chi connectivity index (χ1) is 9.11. The minimum atomic E-state index is -0.269. The molecule has 2 N–H and O–H groups in total. The fraction of sp³-hybridized carbons (Fsp3) is 0.200. The third-order valence-electron chi connectivity index (χ3n) is 2.90. The summed E-state index contributed by atoms with van der Waals surface area (Å²) in [4.78, 5) is 0. The van der Waals surface area contributed by atoms with Crippen molar-refractivity contribution in [2.24, 2.45) is 5.73 Å². The van der Waals surface area contributed by atoms with Crippen LogP contribution in [0.5, 0.6) is 5.75 Å². The topological polar surface area (TPSA) is 35.2 Å². The molecule has 2 rings (SSSR count). The second-order valence-corrected chi connectivity index (χ2v) is 5.15. The number of halogens is 2. The van der Waals surface area contributed by atoms with Crippen molar-refractivity contribution >= 4 is 15.9 Å². The molecule has 4 heteroatoms. The quantitative estimate of drug-likeness (QED) is 0.925. The van der Waals surface area contributed by atoms with Gasteiger partial charge in [-0.1, -0.05) is 40.2 Å². The van der Waals surface area contributed by atoms with Crippen LogP contribution in [-0.2, 0) is 13.2 Å². The molecular formula is C15H15BrFNO. The van der Waals surface area contributed by atoms with Gasteiger partial charge in [-0.05, 0) is 24.6 Å². The number of nitrogens with two attached hydrogens (primary N) is 1. The molecule has 100 valence electrons. The normalized spacial score (nSPS) is 10.5. The zero-order valence-electron chi connectivity index (χ0n) is 10.6. The van der Waals surface area contributed by atoms with Gasteiger partial charge < -0.3 is 10.5 Å². The predicted molar refractivity (Wildman–Crippen MR) is 77.5 cm³/mol. The highest BCUT2D eigenvalue weighted by molar-refractivity contribution is 9.10. The highest BCUT2D eigenvalue weighted by atomic mass is 79.9. The van der Waals surface area contributed by atoms with Crippen LogP contribution in [0, 0.1) is 12.7 Å². The second-order valence-electron chi connectivity index (χ2n) is 4.29. The van der Waals surface area contributed by atoms with E-state index in [4.69, 9.17) is 10.5 Å². The third kappa shape index (κ3) is 3.33. The summed E-state index contributed by atoms with van der Waals surface area (Å²) < 4.78 is 19.5. The molecule has 0 aliphatic rings. The Morgan fingerprint density at radius 2 is 2.00 bits per heavy atom. The van der Waals surface area contributed by atoms with Crippen LogP contribution >= 0.6 is 15.9 Å². The molecule has 0 aromatic heterocycles. The van der Waals surface area contributed by atoms with Gasteiger partial charge in [0.15, 0.2) is 0 Å². The molecule has 0 radical (unpaired) electrons. The van der Waals surface area contributed by atoms with Gasteiger partial charge in [0.05, 0.1) is 0 Å². The van der Waals surface area contributed by atoms with Crippen LogP contribution in [-0.4, -0.2) is 0 Å². The van der Waals surface area contributed by atoms with Crippen molar-refractivity contribution in [3.05, 3.63) is 63.4 Å². The lowest BCUT2D eigenvalue weighted by Gasteiger charge is -2.14. The summed E-state index contributed by atoms with van der Waals surface area (Å²) in [6.07, 6.45) is 0. The largest absolute Gasteiger partial charge is 0.488 e. The standard InChI is InChI=1S/C15H15BrFNO/c1-10-3-2-4-11(8-18)15(10)19-9-12-5-6-13(17)7-14(12)16/h2-7H,8-9,18H2,1H3. The molecule has 2 nitrogen and oxygen atoms in total. The minimum Gasteiger partial charge on any atom is -0.488 e. The van der Waals surface area contributed by atoms with Gasteiger partial charge in [-0.15, -0.1) is 0 Å². The molecule has 0 unspecified atom stereocenters. The van der Waals surface area contributed by atoms with E-state index in [-0.39, 0.29) is 5.82 Å². The Kier molecular flexibility index (Phi) is 4.56. The molecule has 2 aromatic rings. The van der Waals surface area contributed by atoms with E-state index < -0.39 is 0 Å². The molecule has 0 fully saturated rings. The number of benzene rings is 2. The fourth-order valence-electron chi connectivity index (χ4n) is 1.87. The molecule has 19 heavy (non-hydrogen) atoms. The number of aryl methyl sites for hydroxylation is 1. The Labute approximate surface area is 120 Å². The molecule has 0 amide bonds. The number of hydrogen-bond acceptors (Lipinski definition) is 2. The van der Waals surface area contributed by atoms with E-state index in [0.717, 1.165) is 22.4 Å². The first-order valence-corrected chi connectivity index (χ1v) is 6.76. The zero-order valence-corrected chi connectivity index (χ0v) is 12.2. The summed E-state index contributed by atoms with van der Waals surface area (Å²) in [7, 11) is 0. The van der Waals surface area contributed by atoms with Crippen LogP contribution in [0.4, 0.5) is 4.39 Å². The summed E-state index contributed by atoms with van der Waals surface area (Å²) in [6.45, 7) is 2.79. The van der Waals surface area contributed by atoms with Crippen molar-refractivity contribution in [3.63, 3.8) is 0 Å². The van der Waals surface area contributed by atoms with Crippen molar-refractivity contribution in [3.8, 4) is 5.75 Å². The van der Waals surface area contributed by atoms with Gasteiger partial charge in [-0.2, -0.15) is 0 Å². The summed E-state index contributed by atoms with van der Waals surface area (Å²) in [5, 5.41) is 0. The van der Waals surface area contributed by atoms with E-state index in [0.29, 0.717) is 17.6 Å². The van der Waals surface area contributed by atoms with Crippen LogP contribution in [0.3, 0.4) is 0 Å². The van der Waals surface area contributed by atoms with E-state index in [2.05, 4.69) is 15.9 Å². The van der Waals surface area contributed by atoms with Crippen LogP contribution in [0.1, 0.15) is 16.7 Å². The van der Waals surface area contributed by atoms with Gasteiger partial charge in [0.2, 0.25) is 0 Å². The van der Waals surface area contributed by atoms with Crippen LogP contribution in [0.2, 0.25) is 0 Å². The molecule has 0 aliphatic carbocycles.